The summed E-state index contributed by atoms with van der Waals surface area (Å²) < 4.78 is 5.51. The average Bonchev–Trinajstić information content (AvgIpc) is 3.01. The second-order valence-electron chi connectivity index (χ2n) is 5.16. The Balaban J connectivity index is 2.00. The molecule has 0 aliphatic carbocycles. The Kier molecular flexibility index (Phi) is 3.25. The summed E-state index contributed by atoms with van der Waals surface area (Å²) in [6, 6.07) is 1.83. The maximum atomic E-state index is 11.5. The first-order valence-electron chi connectivity index (χ1n) is 6.49. The van der Waals surface area contributed by atoms with Crippen molar-refractivity contribution >= 4 is 23.2 Å². The zero-order valence-electron chi connectivity index (χ0n) is 10.7. The number of carbonyl (C=O) groups excluding carboxylic acids is 1. The minimum absolute atomic E-state index is 0.0297. The van der Waals surface area contributed by atoms with E-state index in [-0.39, 0.29) is 12.0 Å². The maximum Gasteiger partial charge on any atom is 0.228 e. The Morgan fingerprint density at radius 2 is 2.37 bits per heavy atom. The van der Waals surface area contributed by atoms with Crippen molar-refractivity contribution in [3.05, 3.63) is 27.8 Å². The van der Waals surface area contributed by atoms with Gasteiger partial charge in [-0.1, -0.05) is 11.6 Å². The number of hydrogen-bond acceptors (Lipinski definition) is 3. The van der Waals surface area contributed by atoms with Gasteiger partial charge in [0.25, 0.3) is 0 Å². The number of hydrogen-bond donors (Lipinski definition) is 2. The molecular formula is C14H16ClNO3. The highest BCUT2D eigenvalue weighted by Gasteiger charge is 2.30. The number of fused-ring (bicyclic) bond motifs is 1. The zero-order valence-corrected chi connectivity index (χ0v) is 11.5. The minimum atomic E-state index is -0.727. The normalized spacial score (nSPS) is 23.3. The van der Waals surface area contributed by atoms with Crippen LogP contribution >= 0.6 is 11.6 Å². The first-order chi connectivity index (χ1) is 9.08. The summed E-state index contributed by atoms with van der Waals surface area (Å²) in [7, 11) is 0. The molecule has 2 aliphatic heterocycles. The molecule has 0 saturated carbocycles. The fourth-order valence-electron chi connectivity index (χ4n) is 2.83. The zero-order chi connectivity index (χ0) is 13.6. The van der Waals surface area contributed by atoms with Crippen LogP contribution in [0.2, 0.25) is 5.02 Å². The number of aliphatic hydroxyl groups is 1. The van der Waals surface area contributed by atoms with Gasteiger partial charge in [-0.25, -0.2) is 0 Å². The van der Waals surface area contributed by atoms with Gasteiger partial charge in [-0.15, -0.1) is 0 Å². The van der Waals surface area contributed by atoms with Crippen molar-refractivity contribution in [2.45, 2.75) is 38.4 Å². The third-order valence-corrected chi connectivity index (χ3v) is 4.36. The summed E-state index contributed by atoms with van der Waals surface area (Å²) in [5, 5.41) is 13.7. The largest absolute Gasteiger partial charge is 0.386 e. The summed E-state index contributed by atoms with van der Waals surface area (Å²) in [6.45, 7) is 2.54. The predicted octanol–water partition coefficient (Wildman–Crippen LogP) is 2.36. The molecule has 102 valence electrons. The number of rotatable bonds is 2. The standard InChI is InChI=1S/C14H16ClNO3/c1-7-12(15)9(14(18)10-3-2-4-19-10)5-8-6-11(17)16-13(7)8/h5,10,14,18H,2-4,6H2,1H3,(H,16,17). The Bertz CT molecular complexity index is 538. The Labute approximate surface area is 116 Å². The quantitative estimate of drug-likeness (QED) is 0.875. The molecule has 2 heterocycles. The monoisotopic (exact) mass is 281 g/mol. The molecule has 1 amide bonds. The SMILES string of the molecule is Cc1c(Cl)c(C(O)C2CCCO2)cc2c1NC(=O)C2. The van der Waals surface area contributed by atoms with E-state index >= 15 is 0 Å². The van der Waals surface area contributed by atoms with Crippen LogP contribution in [0.1, 0.15) is 35.6 Å². The van der Waals surface area contributed by atoms with Crippen LogP contribution < -0.4 is 5.32 Å². The van der Waals surface area contributed by atoms with Gasteiger partial charge in [-0.3, -0.25) is 4.79 Å². The third kappa shape index (κ3) is 2.14. The molecule has 2 unspecified atom stereocenters. The Hall–Kier alpha value is -1.10. The third-order valence-electron chi connectivity index (χ3n) is 3.86. The van der Waals surface area contributed by atoms with Gasteiger partial charge in [0.2, 0.25) is 5.91 Å². The molecule has 0 radical (unpaired) electrons. The molecule has 2 N–H and O–H groups in total. The lowest BCUT2D eigenvalue weighted by Gasteiger charge is -2.21. The molecule has 1 fully saturated rings. The molecule has 4 nitrogen and oxygen atoms in total. The number of nitrogens with one attached hydrogen (secondary N) is 1. The topological polar surface area (TPSA) is 58.6 Å². The lowest BCUT2D eigenvalue weighted by molar-refractivity contribution is -0.115. The van der Waals surface area contributed by atoms with Crippen molar-refractivity contribution in [2.75, 3.05) is 11.9 Å². The van der Waals surface area contributed by atoms with Gasteiger partial charge in [-0.2, -0.15) is 0 Å². The molecule has 2 aliphatic rings. The van der Waals surface area contributed by atoms with E-state index < -0.39 is 6.10 Å². The van der Waals surface area contributed by atoms with Crippen LogP contribution in [0.15, 0.2) is 6.07 Å². The van der Waals surface area contributed by atoms with Gasteiger partial charge in [0.1, 0.15) is 6.10 Å². The molecule has 2 atom stereocenters. The number of ether oxygens (including phenoxy) is 1. The second kappa shape index (κ2) is 4.78. The summed E-state index contributed by atoms with van der Waals surface area (Å²) in [5.74, 6) is -0.0297. The first-order valence-corrected chi connectivity index (χ1v) is 6.87. The molecule has 0 aromatic heterocycles. The number of amides is 1. The van der Waals surface area contributed by atoms with Crippen LogP contribution in [0.25, 0.3) is 0 Å². The van der Waals surface area contributed by atoms with E-state index in [4.69, 9.17) is 16.3 Å². The molecule has 1 aromatic rings. The van der Waals surface area contributed by atoms with E-state index in [1.165, 1.54) is 0 Å². The van der Waals surface area contributed by atoms with Crippen molar-refractivity contribution < 1.29 is 14.6 Å². The highest BCUT2D eigenvalue weighted by molar-refractivity contribution is 6.33. The van der Waals surface area contributed by atoms with E-state index in [0.29, 0.717) is 23.6 Å². The van der Waals surface area contributed by atoms with Gasteiger partial charge >= 0.3 is 0 Å². The van der Waals surface area contributed by atoms with Crippen LogP contribution in [0.3, 0.4) is 0 Å². The molecule has 3 rings (SSSR count). The van der Waals surface area contributed by atoms with Gasteiger partial charge < -0.3 is 15.2 Å². The second-order valence-corrected chi connectivity index (χ2v) is 5.54. The maximum absolute atomic E-state index is 11.5. The lowest BCUT2D eigenvalue weighted by atomic mass is 9.96. The summed E-state index contributed by atoms with van der Waals surface area (Å²) in [5.41, 5.74) is 3.18. The van der Waals surface area contributed by atoms with E-state index in [9.17, 15) is 9.90 Å². The average molecular weight is 282 g/mol. The molecule has 0 spiro atoms. The number of benzene rings is 1. The fraction of sp³-hybridized carbons (Fsp3) is 0.500. The summed E-state index contributed by atoms with van der Waals surface area (Å²) >= 11 is 6.33. The highest BCUT2D eigenvalue weighted by atomic mass is 35.5. The smallest absolute Gasteiger partial charge is 0.228 e. The molecule has 19 heavy (non-hydrogen) atoms. The number of anilines is 1. The van der Waals surface area contributed by atoms with E-state index in [2.05, 4.69) is 5.32 Å². The van der Waals surface area contributed by atoms with Gasteiger partial charge in [-0.05, 0) is 37.0 Å². The van der Waals surface area contributed by atoms with Crippen molar-refractivity contribution in [1.29, 1.82) is 0 Å². The van der Waals surface area contributed by atoms with Crippen molar-refractivity contribution in [3.8, 4) is 0 Å². The Morgan fingerprint density at radius 3 is 3.05 bits per heavy atom. The molecule has 1 aromatic carbocycles. The molecule has 1 saturated heterocycles. The minimum Gasteiger partial charge on any atom is -0.386 e. The van der Waals surface area contributed by atoms with Crippen molar-refractivity contribution in [3.63, 3.8) is 0 Å². The highest BCUT2D eigenvalue weighted by Crippen LogP contribution is 2.39. The van der Waals surface area contributed by atoms with Crippen LogP contribution in [0, 0.1) is 6.92 Å². The summed E-state index contributed by atoms with van der Waals surface area (Å²) in [6.07, 6.45) is 1.22. The van der Waals surface area contributed by atoms with Gasteiger partial charge in [0.15, 0.2) is 0 Å². The van der Waals surface area contributed by atoms with E-state index in [0.717, 1.165) is 29.7 Å². The van der Waals surface area contributed by atoms with E-state index in [1.54, 1.807) is 0 Å². The number of aliphatic hydroxyl groups excluding tert-OH is 1. The predicted molar refractivity (Wildman–Crippen MR) is 72.5 cm³/mol. The fourth-order valence-corrected chi connectivity index (χ4v) is 3.09. The molecular weight excluding hydrogens is 266 g/mol. The first kappa shape index (κ1) is 12.9. The molecule has 0 bridgehead atoms. The van der Waals surface area contributed by atoms with Crippen molar-refractivity contribution in [1.82, 2.24) is 0 Å². The van der Waals surface area contributed by atoms with Gasteiger partial charge in [0, 0.05) is 17.9 Å². The van der Waals surface area contributed by atoms with Crippen molar-refractivity contribution in [2.24, 2.45) is 0 Å². The van der Waals surface area contributed by atoms with Crippen LogP contribution in [-0.2, 0) is 16.0 Å². The summed E-state index contributed by atoms with van der Waals surface area (Å²) in [4.78, 5) is 11.5. The lowest BCUT2D eigenvalue weighted by Crippen LogP contribution is -2.18. The number of carbonyl (C=O) groups is 1. The Morgan fingerprint density at radius 1 is 1.58 bits per heavy atom. The van der Waals surface area contributed by atoms with E-state index in [1.807, 2.05) is 13.0 Å². The van der Waals surface area contributed by atoms with Crippen LogP contribution in [0.4, 0.5) is 5.69 Å². The van der Waals surface area contributed by atoms with Crippen LogP contribution in [0.5, 0.6) is 0 Å². The van der Waals surface area contributed by atoms with Crippen LogP contribution in [-0.4, -0.2) is 23.7 Å². The van der Waals surface area contributed by atoms with Gasteiger partial charge in [0.05, 0.1) is 17.5 Å². The molecule has 5 heteroatoms. The number of halogens is 1.